The Morgan fingerprint density at radius 3 is 2.54 bits per heavy atom. The summed E-state index contributed by atoms with van der Waals surface area (Å²) >= 11 is 0. The normalized spacial score (nSPS) is 15.1. The van der Waals surface area contributed by atoms with Crippen LogP contribution >= 0.6 is 0 Å². The Hall–Kier alpha value is -2.74. The highest BCUT2D eigenvalue weighted by atomic mass is 16.5. The molecule has 0 radical (unpaired) electrons. The molecule has 0 amide bonds. The van der Waals surface area contributed by atoms with Gasteiger partial charge in [0.05, 0.1) is 13.7 Å². The lowest BCUT2D eigenvalue weighted by molar-refractivity contribution is -0.142. The Balaban J connectivity index is 1.67. The number of hydrogen-bond acceptors (Lipinski definition) is 7. The number of hydrogen-bond donors (Lipinski definition) is 1. The summed E-state index contributed by atoms with van der Waals surface area (Å²) in [7, 11) is 1.40. The summed E-state index contributed by atoms with van der Waals surface area (Å²) in [6, 6.07) is 3.84. The molecule has 1 aliphatic rings. The summed E-state index contributed by atoms with van der Waals surface area (Å²) in [5.41, 5.74) is 1.99. The highest BCUT2D eigenvalue weighted by Gasteiger charge is 2.20. The van der Waals surface area contributed by atoms with E-state index in [0.717, 1.165) is 43.3 Å². The van der Waals surface area contributed by atoms with E-state index in [4.69, 9.17) is 4.74 Å². The van der Waals surface area contributed by atoms with Crippen molar-refractivity contribution in [3.8, 4) is 11.4 Å². The number of H-pyrrole nitrogens is 1. The van der Waals surface area contributed by atoms with Crippen molar-refractivity contribution in [1.29, 1.82) is 0 Å². The molecular formula is C18H23N5O3. The van der Waals surface area contributed by atoms with Gasteiger partial charge in [0.15, 0.2) is 0 Å². The minimum Gasteiger partial charge on any atom is -0.468 e. The molecule has 3 heterocycles. The first-order valence-electron chi connectivity index (χ1n) is 8.56. The van der Waals surface area contributed by atoms with E-state index in [9.17, 15) is 9.59 Å². The van der Waals surface area contributed by atoms with Gasteiger partial charge in [-0.15, -0.1) is 0 Å². The molecule has 8 nitrogen and oxygen atoms in total. The predicted octanol–water partition coefficient (Wildman–Crippen LogP) is 0.744. The number of piperazine rings is 1. The van der Waals surface area contributed by atoms with Crippen molar-refractivity contribution in [2.75, 3.05) is 44.7 Å². The molecule has 1 aliphatic heterocycles. The Morgan fingerprint density at radius 2 is 1.96 bits per heavy atom. The van der Waals surface area contributed by atoms with E-state index in [1.165, 1.54) is 7.11 Å². The van der Waals surface area contributed by atoms with Gasteiger partial charge in [-0.3, -0.25) is 14.5 Å². The van der Waals surface area contributed by atoms with Gasteiger partial charge in [0.2, 0.25) is 0 Å². The monoisotopic (exact) mass is 357 g/mol. The molecule has 1 N–H and O–H groups in total. The number of carbonyl (C=O) groups excluding carboxylic acids is 1. The summed E-state index contributed by atoms with van der Waals surface area (Å²) in [5, 5.41) is 0. The summed E-state index contributed by atoms with van der Waals surface area (Å²) in [6.45, 7) is 7.05. The molecule has 0 bridgehead atoms. The standard InChI is InChI=1S/C18H23N5O3/c1-12-13(2)20-17(21-18(12)25)14-4-5-15(19-10-14)23-8-6-22(7-9-23)11-16(24)26-3/h4-5,10H,6-9,11H2,1-3H3,(H,20,21,25). The van der Waals surface area contributed by atoms with Gasteiger partial charge >= 0.3 is 5.97 Å². The number of esters is 1. The van der Waals surface area contributed by atoms with Crippen molar-refractivity contribution in [3.63, 3.8) is 0 Å². The summed E-state index contributed by atoms with van der Waals surface area (Å²) in [5.74, 6) is 1.19. The van der Waals surface area contributed by atoms with E-state index < -0.39 is 0 Å². The van der Waals surface area contributed by atoms with Gasteiger partial charge < -0.3 is 14.6 Å². The number of pyridine rings is 1. The van der Waals surface area contributed by atoms with Crippen LogP contribution in [0, 0.1) is 13.8 Å². The quantitative estimate of drug-likeness (QED) is 0.807. The van der Waals surface area contributed by atoms with Crippen molar-refractivity contribution in [2.24, 2.45) is 0 Å². The number of ether oxygens (including phenoxy) is 1. The lowest BCUT2D eigenvalue weighted by Crippen LogP contribution is -2.48. The number of methoxy groups -OCH3 is 1. The van der Waals surface area contributed by atoms with Crippen LogP contribution in [0.2, 0.25) is 0 Å². The number of aryl methyl sites for hydroxylation is 1. The molecule has 26 heavy (non-hydrogen) atoms. The molecule has 2 aromatic heterocycles. The Kier molecular flexibility index (Phi) is 5.32. The third-order valence-electron chi connectivity index (χ3n) is 4.69. The van der Waals surface area contributed by atoms with Crippen LogP contribution in [-0.2, 0) is 9.53 Å². The minimum atomic E-state index is -0.212. The number of rotatable bonds is 4. The molecule has 0 atom stereocenters. The smallest absolute Gasteiger partial charge is 0.319 e. The second-order valence-electron chi connectivity index (χ2n) is 6.37. The molecule has 8 heteroatoms. The van der Waals surface area contributed by atoms with Crippen LogP contribution in [-0.4, -0.2) is 65.7 Å². The number of aromatic nitrogens is 3. The fraction of sp³-hybridized carbons (Fsp3) is 0.444. The van der Waals surface area contributed by atoms with Gasteiger partial charge in [-0.05, 0) is 26.0 Å². The van der Waals surface area contributed by atoms with Crippen LogP contribution in [0.1, 0.15) is 11.3 Å². The van der Waals surface area contributed by atoms with Crippen molar-refractivity contribution in [2.45, 2.75) is 13.8 Å². The fourth-order valence-electron chi connectivity index (χ4n) is 2.88. The topological polar surface area (TPSA) is 91.4 Å². The van der Waals surface area contributed by atoms with Crippen LogP contribution in [0.3, 0.4) is 0 Å². The summed E-state index contributed by atoms with van der Waals surface area (Å²) in [6.07, 6.45) is 1.73. The maximum Gasteiger partial charge on any atom is 0.319 e. The molecule has 0 unspecified atom stereocenters. The van der Waals surface area contributed by atoms with Crippen LogP contribution in [0.5, 0.6) is 0 Å². The summed E-state index contributed by atoms with van der Waals surface area (Å²) < 4.78 is 4.71. The molecule has 1 fully saturated rings. The van der Waals surface area contributed by atoms with Crippen molar-refractivity contribution >= 4 is 11.8 Å². The van der Waals surface area contributed by atoms with Crippen LogP contribution in [0.25, 0.3) is 11.4 Å². The predicted molar refractivity (Wildman–Crippen MR) is 98.2 cm³/mol. The summed E-state index contributed by atoms with van der Waals surface area (Å²) in [4.78, 5) is 39.3. The molecule has 3 rings (SSSR count). The van der Waals surface area contributed by atoms with Gasteiger partial charge in [-0.2, -0.15) is 0 Å². The van der Waals surface area contributed by atoms with E-state index in [-0.39, 0.29) is 11.5 Å². The van der Waals surface area contributed by atoms with Gasteiger partial charge in [-0.25, -0.2) is 9.97 Å². The SMILES string of the molecule is COC(=O)CN1CCN(c2ccc(-c3nc(C)c(C)c(=O)[nH]3)cn2)CC1. The Bertz CT molecular complexity index is 839. The highest BCUT2D eigenvalue weighted by Crippen LogP contribution is 2.19. The average molecular weight is 357 g/mol. The maximum absolute atomic E-state index is 11.9. The number of nitrogens with zero attached hydrogens (tertiary/aromatic N) is 4. The molecular weight excluding hydrogens is 334 g/mol. The average Bonchev–Trinajstić information content (AvgIpc) is 2.66. The van der Waals surface area contributed by atoms with Gasteiger partial charge in [0.1, 0.15) is 11.6 Å². The van der Waals surface area contributed by atoms with Gasteiger partial charge in [0.25, 0.3) is 5.56 Å². The van der Waals surface area contributed by atoms with Crippen LogP contribution in [0.4, 0.5) is 5.82 Å². The molecule has 138 valence electrons. The molecule has 0 spiro atoms. The first kappa shape index (κ1) is 18.1. The van der Waals surface area contributed by atoms with Gasteiger partial charge in [-0.1, -0.05) is 0 Å². The second-order valence-corrected chi connectivity index (χ2v) is 6.37. The molecule has 0 saturated carbocycles. The number of carbonyl (C=O) groups is 1. The highest BCUT2D eigenvalue weighted by molar-refractivity contribution is 5.71. The number of nitrogens with one attached hydrogen (secondary N) is 1. The van der Waals surface area contributed by atoms with Crippen molar-refractivity contribution in [1.82, 2.24) is 19.9 Å². The number of anilines is 1. The largest absolute Gasteiger partial charge is 0.468 e. The van der Waals surface area contributed by atoms with E-state index in [1.807, 2.05) is 19.1 Å². The first-order chi connectivity index (χ1) is 12.5. The first-order valence-corrected chi connectivity index (χ1v) is 8.56. The molecule has 0 aliphatic carbocycles. The van der Waals surface area contributed by atoms with E-state index in [1.54, 1.807) is 13.1 Å². The molecule has 0 aromatic carbocycles. The number of aromatic amines is 1. The minimum absolute atomic E-state index is 0.127. The lowest BCUT2D eigenvalue weighted by atomic mass is 10.2. The van der Waals surface area contributed by atoms with E-state index in [0.29, 0.717) is 17.9 Å². The zero-order valence-electron chi connectivity index (χ0n) is 15.3. The Morgan fingerprint density at radius 1 is 1.23 bits per heavy atom. The van der Waals surface area contributed by atoms with Crippen molar-refractivity contribution in [3.05, 3.63) is 39.9 Å². The third-order valence-corrected chi connectivity index (χ3v) is 4.69. The third kappa shape index (κ3) is 3.91. The fourth-order valence-corrected chi connectivity index (χ4v) is 2.88. The second kappa shape index (κ2) is 7.65. The van der Waals surface area contributed by atoms with Crippen LogP contribution < -0.4 is 10.5 Å². The lowest BCUT2D eigenvalue weighted by Gasteiger charge is -2.34. The van der Waals surface area contributed by atoms with Crippen LogP contribution in [0.15, 0.2) is 23.1 Å². The van der Waals surface area contributed by atoms with E-state index >= 15 is 0 Å². The van der Waals surface area contributed by atoms with E-state index in [2.05, 4.69) is 24.8 Å². The molecule has 1 saturated heterocycles. The van der Waals surface area contributed by atoms with Crippen molar-refractivity contribution < 1.29 is 9.53 Å². The Labute approximate surface area is 151 Å². The van der Waals surface area contributed by atoms with Gasteiger partial charge in [0, 0.05) is 49.2 Å². The molecule has 2 aromatic rings. The maximum atomic E-state index is 11.9. The zero-order chi connectivity index (χ0) is 18.7. The zero-order valence-corrected chi connectivity index (χ0v) is 15.3.